The Kier molecular flexibility index (Phi) is 6.34. The summed E-state index contributed by atoms with van der Waals surface area (Å²) < 4.78 is 28.2. The summed E-state index contributed by atoms with van der Waals surface area (Å²) in [6.07, 6.45) is 0.725. The number of benzene rings is 3. The van der Waals surface area contributed by atoms with Crippen LogP contribution in [0, 0.1) is 6.92 Å². The predicted octanol–water partition coefficient (Wildman–Crippen LogP) is 4.68. The van der Waals surface area contributed by atoms with E-state index in [1.807, 2.05) is 56.3 Å². The van der Waals surface area contributed by atoms with Crippen molar-refractivity contribution in [1.82, 2.24) is 5.32 Å². The third kappa shape index (κ3) is 5.03. The molecule has 0 aliphatic heterocycles. The van der Waals surface area contributed by atoms with Crippen LogP contribution in [0.4, 0.5) is 5.69 Å². The fourth-order valence-corrected chi connectivity index (χ4v) is 4.22. The van der Waals surface area contributed by atoms with E-state index in [1.54, 1.807) is 24.3 Å². The van der Waals surface area contributed by atoms with E-state index in [9.17, 15) is 13.2 Å². The maximum atomic E-state index is 12.8. The lowest BCUT2D eigenvalue weighted by Gasteiger charge is -2.18. The van der Waals surface area contributed by atoms with Crippen molar-refractivity contribution in [3.8, 4) is 0 Å². The maximum Gasteiger partial charge on any atom is 0.261 e. The van der Waals surface area contributed by atoms with Gasteiger partial charge < -0.3 is 5.32 Å². The first-order valence-corrected chi connectivity index (χ1v) is 10.9. The highest BCUT2D eigenvalue weighted by Gasteiger charge is 2.19. The third-order valence-electron chi connectivity index (χ3n) is 4.71. The molecule has 0 fully saturated rings. The highest BCUT2D eigenvalue weighted by atomic mass is 32.2. The van der Waals surface area contributed by atoms with Gasteiger partial charge in [0.05, 0.1) is 16.6 Å². The summed E-state index contributed by atoms with van der Waals surface area (Å²) in [4.78, 5) is 12.8. The Hall–Kier alpha value is -3.12. The van der Waals surface area contributed by atoms with Crippen molar-refractivity contribution in [2.24, 2.45) is 0 Å². The van der Waals surface area contributed by atoms with Crippen LogP contribution in [0.2, 0.25) is 0 Å². The number of para-hydroxylation sites is 1. The van der Waals surface area contributed by atoms with Gasteiger partial charge in [-0.25, -0.2) is 8.42 Å². The molecule has 3 aromatic rings. The first-order chi connectivity index (χ1) is 13.9. The van der Waals surface area contributed by atoms with Gasteiger partial charge in [0.1, 0.15) is 0 Å². The second kappa shape index (κ2) is 8.92. The van der Waals surface area contributed by atoms with Crippen LogP contribution in [-0.2, 0) is 10.0 Å². The number of anilines is 1. The molecule has 150 valence electrons. The number of carbonyl (C=O) groups is 1. The monoisotopic (exact) mass is 408 g/mol. The first kappa shape index (κ1) is 20.6. The summed E-state index contributed by atoms with van der Waals surface area (Å²) in [5.74, 6) is -0.311. The molecular weight excluding hydrogens is 384 g/mol. The molecule has 1 atom stereocenters. The highest BCUT2D eigenvalue weighted by molar-refractivity contribution is 7.92. The fraction of sp³-hybridized carbons (Fsp3) is 0.174. The Balaban J connectivity index is 1.81. The van der Waals surface area contributed by atoms with Crippen LogP contribution in [0.3, 0.4) is 0 Å². The number of rotatable bonds is 7. The quantitative estimate of drug-likeness (QED) is 0.596. The molecule has 0 aromatic heterocycles. The molecule has 29 heavy (non-hydrogen) atoms. The second-order valence-corrected chi connectivity index (χ2v) is 8.48. The molecule has 5 nitrogen and oxygen atoms in total. The molecular formula is C23H24N2O3S. The molecule has 2 N–H and O–H groups in total. The second-order valence-electron chi connectivity index (χ2n) is 6.79. The Morgan fingerprint density at radius 3 is 2.31 bits per heavy atom. The van der Waals surface area contributed by atoms with Crippen molar-refractivity contribution in [3.05, 3.63) is 95.6 Å². The Bertz CT molecular complexity index is 1100. The zero-order valence-corrected chi connectivity index (χ0v) is 17.2. The van der Waals surface area contributed by atoms with Crippen LogP contribution in [0.15, 0.2) is 83.8 Å². The zero-order chi connectivity index (χ0) is 20.9. The Morgan fingerprint density at radius 2 is 1.62 bits per heavy atom. The first-order valence-electron chi connectivity index (χ1n) is 9.45. The van der Waals surface area contributed by atoms with E-state index < -0.39 is 10.0 Å². The number of hydrogen-bond acceptors (Lipinski definition) is 3. The summed E-state index contributed by atoms with van der Waals surface area (Å²) in [5.41, 5.74) is 2.64. The number of hydrogen-bond donors (Lipinski definition) is 2. The van der Waals surface area contributed by atoms with E-state index >= 15 is 0 Å². The number of carbonyl (C=O) groups excluding carboxylic acids is 1. The van der Waals surface area contributed by atoms with E-state index in [1.165, 1.54) is 12.1 Å². The highest BCUT2D eigenvalue weighted by Crippen LogP contribution is 2.21. The molecule has 0 aliphatic rings. The van der Waals surface area contributed by atoms with Crippen LogP contribution in [0.25, 0.3) is 0 Å². The third-order valence-corrected chi connectivity index (χ3v) is 6.07. The molecule has 0 spiro atoms. The lowest BCUT2D eigenvalue weighted by atomic mass is 10.0. The number of aryl methyl sites for hydroxylation is 1. The standard InChI is InChI=1S/C23H24N2O3S/c1-3-21(18-11-5-4-6-12-18)24-23(26)19-13-9-14-20(16-19)29(27,28)25-22-15-8-7-10-17(22)2/h4-16,21,25H,3H2,1-2H3,(H,24,26). The van der Waals surface area contributed by atoms with Crippen molar-refractivity contribution in [2.75, 3.05) is 4.72 Å². The van der Waals surface area contributed by atoms with Gasteiger partial charge in [-0.05, 0) is 48.7 Å². The smallest absolute Gasteiger partial charge is 0.261 e. The lowest BCUT2D eigenvalue weighted by molar-refractivity contribution is 0.0935. The van der Waals surface area contributed by atoms with E-state index in [-0.39, 0.29) is 16.8 Å². The van der Waals surface area contributed by atoms with Crippen molar-refractivity contribution < 1.29 is 13.2 Å². The van der Waals surface area contributed by atoms with Crippen molar-refractivity contribution in [3.63, 3.8) is 0 Å². The number of amides is 1. The Morgan fingerprint density at radius 1 is 0.931 bits per heavy atom. The van der Waals surface area contributed by atoms with Crippen molar-refractivity contribution in [1.29, 1.82) is 0 Å². The minimum atomic E-state index is -3.81. The molecule has 0 bridgehead atoms. The minimum Gasteiger partial charge on any atom is -0.345 e. The van der Waals surface area contributed by atoms with Gasteiger partial charge in [0.25, 0.3) is 15.9 Å². The van der Waals surface area contributed by atoms with Gasteiger partial charge >= 0.3 is 0 Å². The van der Waals surface area contributed by atoms with E-state index in [4.69, 9.17) is 0 Å². The minimum absolute atomic E-state index is 0.0427. The van der Waals surface area contributed by atoms with Crippen LogP contribution >= 0.6 is 0 Å². The number of nitrogens with one attached hydrogen (secondary N) is 2. The normalized spacial score (nSPS) is 12.2. The topological polar surface area (TPSA) is 75.3 Å². The SMILES string of the molecule is CCC(NC(=O)c1cccc(S(=O)(=O)Nc2ccccc2C)c1)c1ccccc1. The lowest BCUT2D eigenvalue weighted by Crippen LogP contribution is -2.28. The number of sulfonamides is 1. The summed E-state index contributed by atoms with van der Waals surface area (Å²) in [6, 6.07) is 22.8. The predicted molar refractivity (Wildman–Crippen MR) is 115 cm³/mol. The average molecular weight is 409 g/mol. The molecule has 0 saturated heterocycles. The molecule has 1 unspecified atom stereocenters. The summed E-state index contributed by atoms with van der Waals surface area (Å²) in [5, 5.41) is 2.98. The molecule has 3 rings (SSSR count). The van der Waals surface area contributed by atoms with Gasteiger partial charge in [0.15, 0.2) is 0 Å². The van der Waals surface area contributed by atoms with Crippen LogP contribution in [0.5, 0.6) is 0 Å². The molecule has 0 saturated carbocycles. The molecule has 6 heteroatoms. The zero-order valence-electron chi connectivity index (χ0n) is 16.4. The molecule has 0 aliphatic carbocycles. The van der Waals surface area contributed by atoms with Crippen molar-refractivity contribution >= 4 is 21.6 Å². The fourth-order valence-electron chi connectivity index (χ4n) is 3.04. The summed E-state index contributed by atoms with van der Waals surface area (Å²) in [6.45, 7) is 3.82. The van der Waals surface area contributed by atoms with Crippen LogP contribution in [0.1, 0.15) is 40.9 Å². The molecule has 3 aromatic carbocycles. The van der Waals surface area contributed by atoms with Crippen molar-refractivity contribution in [2.45, 2.75) is 31.2 Å². The van der Waals surface area contributed by atoms with Crippen LogP contribution in [-0.4, -0.2) is 14.3 Å². The van der Waals surface area contributed by atoms with E-state index in [2.05, 4.69) is 10.0 Å². The van der Waals surface area contributed by atoms with Gasteiger partial charge in [0.2, 0.25) is 0 Å². The van der Waals surface area contributed by atoms with Crippen LogP contribution < -0.4 is 10.0 Å². The molecule has 0 heterocycles. The van der Waals surface area contributed by atoms with E-state index in [0.29, 0.717) is 11.3 Å². The summed E-state index contributed by atoms with van der Waals surface area (Å²) in [7, 11) is -3.81. The van der Waals surface area contributed by atoms with Gasteiger partial charge in [-0.3, -0.25) is 9.52 Å². The molecule has 0 radical (unpaired) electrons. The van der Waals surface area contributed by atoms with E-state index in [0.717, 1.165) is 17.5 Å². The van der Waals surface area contributed by atoms with Gasteiger partial charge in [-0.15, -0.1) is 0 Å². The summed E-state index contributed by atoms with van der Waals surface area (Å²) >= 11 is 0. The van der Waals surface area contributed by atoms with Gasteiger partial charge in [-0.2, -0.15) is 0 Å². The van der Waals surface area contributed by atoms with Gasteiger partial charge in [-0.1, -0.05) is 61.5 Å². The average Bonchev–Trinajstić information content (AvgIpc) is 2.74. The maximum absolute atomic E-state index is 12.8. The Labute approximate surface area is 171 Å². The molecule has 1 amide bonds. The van der Waals surface area contributed by atoms with Gasteiger partial charge in [0, 0.05) is 5.56 Å². The largest absolute Gasteiger partial charge is 0.345 e.